The number of aliphatic hydroxyl groups excluding tert-OH is 2. The van der Waals surface area contributed by atoms with Crippen molar-refractivity contribution in [2.45, 2.75) is 69.3 Å². The fourth-order valence-electron chi connectivity index (χ4n) is 10.2. The highest BCUT2D eigenvalue weighted by Crippen LogP contribution is 2.62. The number of oxime groups is 1. The number of likely N-dealkylation sites (N-methyl/N-ethyl adjacent to an activating group) is 1. The van der Waals surface area contributed by atoms with Crippen LogP contribution in [0.15, 0.2) is 145 Å². The molecule has 3 aliphatic rings. The highest BCUT2D eigenvalue weighted by atomic mass is 16.7. The maximum Gasteiger partial charge on any atom is 0.269 e. The largest absolute Gasteiger partial charge is 0.459 e. The predicted octanol–water partition coefficient (Wildman–Crippen LogP) is 10.5. The summed E-state index contributed by atoms with van der Waals surface area (Å²) >= 11 is 0. The Hall–Kier alpha value is -7.20. The van der Waals surface area contributed by atoms with Gasteiger partial charge in [-0.2, -0.15) is 0 Å². The van der Waals surface area contributed by atoms with Crippen LogP contribution in [0.4, 0.5) is 11.4 Å². The Morgan fingerprint density at radius 1 is 0.870 bits per heavy atom. The Bertz CT molecular complexity index is 2760. The molecule has 8 rings (SSSR count). The van der Waals surface area contributed by atoms with Crippen molar-refractivity contribution >= 4 is 39.8 Å². The van der Waals surface area contributed by atoms with E-state index < -0.39 is 27.6 Å². The molecule has 0 aromatic heterocycles. The summed E-state index contributed by atoms with van der Waals surface area (Å²) < 4.78 is 20.9. The van der Waals surface area contributed by atoms with Crippen molar-refractivity contribution in [2.24, 2.45) is 22.9 Å². The van der Waals surface area contributed by atoms with Crippen molar-refractivity contribution in [1.82, 2.24) is 4.90 Å². The minimum atomic E-state index is -1.51. The van der Waals surface area contributed by atoms with Gasteiger partial charge in [-0.15, -0.1) is 6.58 Å². The molecular formula is C54H56N4O11. The molecule has 0 saturated heterocycles. The lowest BCUT2D eigenvalue weighted by Crippen LogP contribution is -2.69. The monoisotopic (exact) mass is 936 g/mol. The second-order valence-corrected chi connectivity index (χ2v) is 17.7. The number of unbranched alkanes of at least 4 members (excludes halogenated alkanes) is 2. The summed E-state index contributed by atoms with van der Waals surface area (Å²) in [5.41, 5.74) is 3.44. The molecule has 1 amide bonds. The molecule has 69 heavy (non-hydrogen) atoms. The maximum absolute atomic E-state index is 14.5. The van der Waals surface area contributed by atoms with Gasteiger partial charge in [-0.1, -0.05) is 60.5 Å². The second kappa shape index (κ2) is 21.8. The number of amides is 1. The lowest BCUT2D eigenvalue weighted by atomic mass is 9.55. The number of rotatable bonds is 21. The first-order valence-corrected chi connectivity index (χ1v) is 23.3. The molecule has 2 N–H and O–H groups in total. The number of nitrogens with zero attached hydrogens (tertiary/aromatic N) is 4. The number of hydrogen-bond donors (Lipinski definition) is 2. The molecule has 15 heteroatoms. The van der Waals surface area contributed by atoms with Crippen molar-refractivity contribution < 1.29 is 43.9 Å². The zero-order valence-electron chi connectivity index (χ0n) is 38.4. The zero-order chi connectivity index (χ0) is 48.5. The third kappa shape index (κ3) is 10.6. The standard InChI is InChI=1S/C54H56N4O11/c1-3-30-66-54-50(56(2)51(61)27-18-36-14-20-41(21-15-36)57(62)63)34-48(55-67-35-37-16-22-42(23-17-37)58(64)65)46-32-40(12-6-8-28-59)45(13-7-9-29-60)52(53(46)54)47-33-44(25-26-49(47)69-54)68-43-24-19-38-10-4-5-11-39(38)31-43/h3-5,10-11,14-27,31-33,40,45,50,52-53,59-60H,1,6-9,12-13,28-30,34-35H2,2H3. The predicted molar refractivity (Wildman–Crippen MR) is 262 cm³/mol. The van der Waals surface area contributed by atoms with Gasteiger partial charge in [0.25, 0.3) is 11.4 Å². The quantitative estimate of drug-likeness (QED) is 0.0233. The summed E-state index contributed by atoms with van der Waals surface area (Å²) in [6.07, 6.45) is 11.3. The van der Waals surface area contributed by atoms with Crippen LogP contribution in [0.2, 0.25) is 0 Å². The van der Waals surface area contributed by atoms with E-state index in [2.05, 4.69) is 12.7 Å². The van der Waals surface area contributed by atoms with E-state index in [1.165, 1.54) is 30.3 Å². The highest BCUT2D eigenvalue weighted by molar-refractivity contribution is 6.03. The van der Waals surface area contributed by atoms with Crippen LogP contribution in [0.25, 0.3) is 16.8 Å². The van der Waals surface area contributed by atoms with Crippen LogP contribution in [0, 0.1) is 38.0 Å². The molecule has 6 atom stereocenters. The lowest BCUT2D eigenvalue weighted by molar-refractivity contribution is -0.385. The third-order valence-corrected chi connectivity index (χ3v) is 13.5. The number of benzene rings is 5. The SMILES string of the molecule is C=CCOC12Oc3ccc(Oc4ccc5ccccc5c4)cc3C3C(CCCCO)C(CCCCO)C=C(C(=NOCc4ccc([N+](=O)[O-])cc4)CC1N(C)C(=O)C=Cc1ccc([N+](=O)[O-])cc1)C32. The Morgan fingerprint density at radius 3 is 2.23 bits per heavy atom. The molecule has 358 valence electrons. The number of non-ortho nitro benzene ring substituents is 2. The molecule has 0 bridgehead atoms. The number of nitro groups is 2. The molecule has 1 aliphatic heterocycles. The molecule has 15 nitrogen and oxygen atoms in total. The Kier molecular flexibility index (Phi) is 15.3. The highest BCUT2D eigenvalue weighted by Gasteiger charge is 2.65. The van der Waals surface area contributed by atoms with Gasteiger partial charge in [-0.3, -0.25) is 25.0 Å². The van der Waals surface area contributed by atoms with Crippen LogP contribution in [0.3, 0.4) is 0 Å². The molecular weight excluding hydrogens is 881 g/mol. The second-order valence-electron chi connectivity index (χ2n) is 17.7. The first-order valence-electron chi connectivity index (χ1n) is 23.3. The van der Waals surface area contributed by atoms with E-state index >= 15 is 0 Å². The number of hydrogen-bond acceptors (Lipinski definition) is 12. The van der Waals surface area contributed by atoms with Crippen molar-refractivity contribution in [1.29, 1.82) is 0 Å². The number of nitro benzene ring substituents is 2. The molecule has 1 saturated carbocycles. The molecule has 1 heterocycles. The van der Waals surface area contributed by atoms with E-state index in [0.717, 1.165) is 47.6 Å². The van der Waals surface area contributed by atoms with Gasteiger partial charge in [0.1, 0.15) is 29.9 Å². The van der Waals surface area contributed by atoms with Crippen LogP contribution < -0.4 is 9.47 Å². The average Bonchev–Trinajstić information content (AvgIpc) is 3.36. The number of aliphatic hydroxyl groups is 2. The van der Waals surface area contributed by atoms with Gasteiger partial charge >= 0.3 is 0 Å². The number of ether oxygens (including phenoxy) is 3. The molecule has 0 spiro atoms. The van der Waals surface area contributed by atoms with E-state index in [1.54, 1.807) is 48.4 Å². The summed E-state index contributed by atoms with van der Waals surface area (Å²) in [7, 11) is 1.68. The lowest BCUT2D eigenvalue weighted by Gasteiger charge is -2.59. The molecule has 2 aliphatic carbocycles. The van der Waals surface area contributed by atoms with Gasteiger partial charge in [0, 0.05) is 68.5 Å². The van der Waals surface area contributed by atoms with Crippen LogP contribution in [-0.4, -0.2) is 75.3 Å². The first-order chi connectivity index (χ1) is 33.5. The fraction of sp³-hybridized carbons (Fsp3) is 0.333. The molecule has 0 radical (unpaired) electrons. The summed E-state index contributed by atoms with van der Waals surface area (Å²) in [5.74, 6) is -0.992. The topological polar surface area (TPSA) is 196 Å². The van der Waals surface area contributed by atoms with Gasteiger partial charge in [0.05, 0.1) is 28.1 Å². The fourth-order valence-corrected chi connectivity index (χ4v) is 10.2. The van der Waals surface area contributed by atoms with Crippen molar-refractivity contribution in [3.05, 3.63) is 176 Å². The van der Waals surface area contributed by atoms with Gasteiger partial charge < -0.3 is 34.2 Å². The number of carbonyl (C=O) groups excluding carboxylic acids is 1. The van der Waals surface area contributed by atoms with Crippen LogP contribution in [0.5, 0.6) is 17.2 Å². The van der Waals surface area contributed by atoms with Crippen LogP contribution in [0.1, 0.15) is 67.6 Å². The van der Waals surface area contributed by atoms with Crippen molar-refractivity contribution in [3.63, 3.8) is 0 Å². The molecule has 6 unspecified atom stereocenters. The number of allylic oxidation sites excluding steroid dienone is 1. The van der Waals surface area contributed by atoms with Crippen molar-refractivity contribution in [3.8, 4) is 17.2 Å². The minimum Gasteiger partial charge on any atom is -0.459 e. The van der Waals surface area contributed by atoms with Crippen LogP contribution in [-0.2, 0) is 21.0 Å². The molecule has 5 aromatic rings. The Balaban J connectivity index is 1.27. The number of carbonyl (C=O) groups is 1. The molecule has 5 aromatic carbocycles. The minimum absolute atomic E-state index is 0.0108. The summed E-state index contributed by atoms with van der Waals surface area (Å²) in [6, 6.07) is 31.0. The van der Waals surface area contributed by atoms with Gasteiger partial charge in [0.15, 0.2) is 0 Å². The van der Waals surface area contributed by atoms with Gasteiger partial charge in [-0.05, 0) is 126 Å². The zero-order valence-corrected chi connectivity index (χ0v) is 38.4. The first kappa shape index (κ1) is 48.3. The van der Waals surface area contributed by atoms with E-state index in [0.29, 0.717) is 46.9 Å². The third-order valence-electron chi connectivity index (χ3n) is 13.5. The van der Waals surface area contributed by atoms with E-state index in [4.69, 9.17) is 24.2 Å². The van der Waals surface area contributed by atoms with E-state index in [-0.39, 0.29) is 67.9 Å². The van der Waals surface area contributed by atoms with Crippen molar-refractivity contribution in [2.75, 3.05) is 26.9 Å². The van der Waals surface area contributed by atoms with Gasteiger partial charge in [-0.25, -0.2) is 0 Å². The maximum atomic E-state index is 14.5. The normalized spacial score (nSPS) is 22.0. The van der Waals surface area contributed by atoms with Gasteiger partial charge in [0.2, 0.25) is 11.7 Å². The summed E-state index contributed by atoms with van der Waals surface area (Å²) in [6.45, 7) is 4.18. The summed E-state index contributed by atoms with van der Waals surface area (Å²) in [4.78, 5) is 44.0. The number of fused-ring (bicyclic) bond motifs is 3. The van der Waals surface area contributed by atoms with Crippen LogP contribution >= 0.6 is 0 Å². The Morgan fingerprint density at radius 2 is 1.54 bits per heavy atom. The summed E-state index contributed by atoms with van der Waals surface area (Å²) in [5, 5.41) is 49.6. The van der Waals surface area contributed by atoms with E-state index in [1.807, 2.05) is 60.7 Å². The Labute approximate surface area is 400 Å². The molecule has 1 fully saturated rings. The average molecular weight is 937 g/mol. The smallest absolute Gasteiger partial charge is 0.269 e. The van der Waals surface area contributed by atoms with E-state index in [9.17, 15) is 35.2 Å².